The van der Waals surface area contributed by atoms with Crippen LogP contribution >= 0.6 is 0 Å². The molecule has 1 unspecified atom stereocenters. The van der Waals surface area contributed by atoms with Crippen LogP contribution in [-0.4, -0.2) is 37.2 Å². The minimum Gasteiger partial charge on any atom is -0.497 e. The van der Waals surface area contributed by atoms with E-state index in [0.29, 0.717) is 26.1 Å². The number of hydrogen-bond acceptors (Lipinski definition) is 3. The molecule has 1 fully saturated rings. The van der Waals surface area contributed by atoms with Gasteiger partial charge in [0.25, 0.3) is 5.91 Å². The molecule has 0 aliphatic carbocycles. The fraction of sp³-hybridized carbons (Fsp3) is 0.350. The lowest BCUT2D eigenvalue weighted by atomic mass is 10.0. The number of ether oxygens (including phenoxy) is 2. The predicted octanol–water partition coefficient (Wildman–Crippen LogP) is 2.97. The smallest absolute Gasteiger partial charge is 0.252 e. The van der Waals surface area contributed by atoms with Crippen molar-refractivity contribution in [2.45, 2.75) is 26.0 Å². The zero-order valence-corrected chi connectivity index (χ0v) is 14.2. The van der Waals surface area contributed by atoms with Crippen LogP contribution in [0.1, 0.15) is 16.7 Å². The Morgan fingerprint density at radius 3 is 2.67 bits per heavy atom. The number of rotatable bonds is 5. The van der Waals surface area contributed by atoms with Crippen molar-refractivity contribution in [1.29, 1.82) is 0 Å². The van der Waals surface area contributed by atoms with Gasteiger partial charge in [0, 0.05) is 19.5 Å². The van der Waals surface area contributed by atoms with Crippen LogP contribution in [0.15, 0.2) is 48.5 Å². The van der Waals surface area contributed by atoms with E-state index in [1.54, 1.807) is 7.11 Å². The van der Waals surface area contributed by atoms with E-state index in [9.17, 15) is 4.79 Å². The lowest BCUT2D eigenvalue weighted by Gasteiger charge is -2.32. The second-order valence-corrected chi connectivity index (χ2v) is 6.16. The number of carbonyl (C=O) groups excluding carboxylic acids is 1. The van der Waals surface area contributed by atoms with Crippen molar-refractivity contribution in [2.24, 2.45) is 0 Å². The highest BCUT2D eigenvalue weighted by Crippen LogP contribution is 2.18. The van der Waals surface area contributed by atoms with Gasteiger partial charge in [-0.1, -0.05) is 42.0 Å². The normalized spacial score (nSPS) is 17.8. The van der Waals surface area contributed by atoms with Crippen molar-refractivity contribution in [3.8, 4) is 5.75 Å². The summed E-state index contributed by atoms with van der Waals surface area (Å²) in [5, 5.41) is 0. The first-order valence-electron chi connectivity index (χ1n) is 8.24. The first-order valence-corrected chi connectivity index (χ1v) is 8.24. The Labute approximate surface area is 143 Å². The van der Waals surface area contributed by atoms with Gasteiger partial charge in [-0.15, -0.1) is 0 Å². The fourth-order valence-corrected chi connectivity index (χ4v) is 3.00. The molecule has 0 radical (unpaired) electrons. The first kappa shape index (κ1) is 16.5. The van der Waals surface area contributed by atoms with Crippen LogP contribution in [0, 0.1) is 6.92 Å². The van der Waals surface area contributed by atoms with Crippen LogP contribution in [0.4, 0.5) is 0 Å². The molecule has 1 atom stereocenters. The molecule has 4 heteroatoms. The van der Waals surface area contributed by atoms with Gasteiger partial charge >= 0.3 is 0 Å². The first-order chi connectivity index (χ1) is 11.7. The summed E-state index contributed by atoms with van der Waals surface area (Å²) in [4.78, 5) is 14.6. The Bertz CT molecular complexity index is 696. The van der Waals surface area contributed by atoms with Crippen LogP contribution < -0.4 is 4.74 Å². The maximum Gasteiger partial charge on any atom is 0.252 e. The highest BCUT2D eigenvalue weighted by atomic mass is 16.5. The molecule has 126 valence electrons. The third-order valence-electron chi connectivity index (χ3n) is 4.30. The highest BCUT2D eigenvalue weighted by Gasteiger charge is 2.29. The Kier molecular flexibility index (Phi) is 5.16. The van der Waals surface area contributed by atoms with Gasteiger partial charge in [-0.3, -0.25) is 4.79 Å². The summed E-state index contributed by atoms with van der Waals surface area (Å²) in [5.74, 6) is 0.892. The maximum absolute atomic E-state index is 12.7. The lowest BCUT2D eigenvalue weighted by Crippen LogP contribution is -2.48. The standard InChI is InChI=1S/C20H23NO3/c1-15-4-3-5-17(12-15)13-19-20(22)21(10-11-24-19)14-16-6-8-18(23-2)9-7-16/h3-9,12,19H,10-11,13-14H2,1-2H3. The second kappa shape index (κ2) is 7.49. The molecule has 4 nitrogen and oxygen atoms in total. The third kappa shape index (κ3) is 3.95. The molecular weight excluding hydrogens is 302 g/mol. The quantitative estimate of drug-likeness (QED) is 0.848. The van der Waals surface area contributed by atoms with Gasteiger partial charge in [0.2, 0.25) is 0 Å². The number of morpholine rings is 1. The molecule has 24 heavy (non-hydrogen) atoms. The van der Waals surface area contributed by atoms with Gasteiger partial charge in [-0.25, -0.2) is 0 Å². The molecular formula is C20H23NO3. The number of hydrogen-bond donors (Lipinski definition) is 0. The molecule has 2 aromatic rings. The summed E-state index contributed by atoms with van der Waals surface area (Å²) in [6.07, 6.45) is 0.235. The van der Waals surface area contributed by atoms with E-state index in [1.807, 2.05) is 41.3 Å². The SMILES string of the molecule is COc1ccc(CN2CCOC(Cc3cccc(C)c3)C2=O)cc1. The number of methoxy groups -OCH3 is 1. The van der Waals surface area contributed by atoms with E-state index in [2.05, 4.69) is 19.1 Å². The number of aryl methyl sites for hydroxylation is 1. The van der Waals surface area contributed by atoms with E-state index >= 15 is 0 Å². The van der Waals surface area contributed by atoms with Crippen molar-refractivity contribution in [2.75, 3.05) is 20.3 Å². The minimum absolute atomic E-state index is 0.0681. The maximum atomic E-state index is 12.7. The van der Waals surface area contributed by atoms with Gasteiger partial charge in [0.15, 0.2) is 0 Å². The number of amides is 1. The van der Waals surface area contributed by atoms with Crippen LogP contribution in [0.25, 0.3) is 0 Å². The third-order valence-corrected chi connectivity index (χ3v) is 4.30. The average Bonchev–Trinajstić information content (AvgIpc) is 2.59. The zero-order chi connectivity index (χ0) is 16.9. The Morgan fingerprint density at radius 2 is 1.96 bits per heavy atom. The van der Waals surface area contributed by atoms with Crippen LogP contribution in [-0.2, 0) is 22.5 Å². The molecule has 0 N–H and O–H groups in total. The van der Waals surface area contributed by atoms with Crippen molar-refractivity contribution in [1.82, 2.24) is 4.90 Å². The van der Waals surface area contributed by atoms with Gasteiger partial charge in [-0.05, 0) is 30.2 Å². The predicted molar refractivity (Wildman–Crippen MR) is 93.0 cm³/mol. The topological polar surface area (TPSA) is 38.8 Å². The van der Waals surface area contributed by atoms with Gasteiger partial charge in [-0.2, -0.15) is 0 Å². The van der Waals surface area contributed by atoms with E-state index in [0.717, 1.165) is 16.9 Å². The van der Waals surface area contributed by atoms with Gasteiger partial charge in [0.1, 0.15) is 11.9 Å². The van der Waals surface area contributed by atoms with Crippen molar-refractivity contribution in [3.63, 3.8) is 0 Å². The van der Waals surface area contributed by atoms with E-state index in [4.69, 9.17) is 9.47 Å². The fourth-order valence-electron chi connectivity index (χ4n) is 3.00. The van der Waals surface area contributed by atoms with Crippen LogP contribution in [0.3, 0.4) is 0 Å². The number of carbonyl (C=O) groups is 1. The largest absolute Gasteiger partial charge is 0.497 e. The van der Waals surface area contributed by atoms with E-state index < -0.39 is 6.10 Å². The van der Waals surface area contributed by atoms with Crippen LogP contribution in [0.5, 0.6) is 5.75 Å². The summed E-state index contributed by atoms with van der Waals surface area (Å²) in [6, 6.07) is 16.1. The summed E-state index contributed by atoms with van der Waals surface area (Å²) in [5.41, 5.74) is 3.44. The zero-order valence-electron chi connectivity index (χ0n) is 14.2. The molecule has 2 aromatic carbocycles. The molecule has 1 saturated heterocycles. The molecule has 1 aliphatic rings. The average molecular weight is 325 g/mol. The second-order valence-electron chi connectivity index (χ2n) is 6.16. The lowest BCUT2D eigenvalue weighted by molar-refractivity contribution is -0.153. The van der Waals surface area contributed by atoms with Crippen molar-refractivity contribution in [3.05, 3.63) is 65.2 Å². The summed E-state index contributed by atoms with van der Waals surface area (Å²) in [6.45, 7) is 3.88. The molecule has 0 aromatic heterocycles. The van der Waals surface area contributed by atoms with E-state index in [1.165, 1.54) is 5.56 Å². The number of benzene rings is 2. The van der Waals surface area contributed by atoms with Crippen molar-refractivity contribution >= 4 is 5.91 Å². The molecule has 1 heterocycles. The Morgan fingerprint density at radius 1 is 1.17 bits per heavy atom. The molecule has 0 spiro atoms. The van der Waals surface area contributed by atoms with Crippen molar-refractivity contribution < 1.29 is 14.3 Å². The minimum atomic E-state index is -0.390. The van der Waals surface area contributed by atoms with Crippen LogP contribution in [0.2, 0.25) is 0 Å². The molecule has 1 amide bonds. The Hall–Kier alpha value is -2.33. The Balaban J connectivity index is 1.65. The molecule has 0 bridgehead atoms. The highest BCUT2D eigenvalue weighted by molar-refractivity contribution is 5.81. The summed E-state index contributed by atoms with van der Waals surface area (Å²) in [7, 11) is 1.65. The monoisotopic (exact) mass is 325 g/mol. The molecule has 0 saturated carbocycles. The summed E-state index contributed by atoms with van der Waals surface area (Å²) < 4.78 is 10.9. The summed E-state index contributed by atoms with van der Waals surface area (Å²) >= 11 is 0. The number of nitrogens with zero attached hydrogens (tertiary/aromatic N) is 1. The van der Waals surface area contributed by atoms with Gasteiger partial charge < -0.3 is 14.4 Å². The van der Waals surface area contributed by atoms with Gasteiger partial charge in [0.05, 0.1) is 13.7 Å². The van der Waals surface area contributed by atoms with E-state index in [-0.39, 0.29) is 5.91 Å². The molecule has 1 aliphatic heterocycles. The molecule has 3 rings (SSSR count).